The van der Waals surface area contributed by atoms with Crippen LogP contribution >= 0.6 is 0 Å². The first-order valence-corrected chi connectivity index (χ1v) is 5.53. The van der Waals surface area contributed by atoms with Gasteiger partial charge in [0.2, 0.25) is 0 Å². The summed E-state index contributed by atoms with van der Waals surface area (Å²) in [7, 11) is 0. The fourth-order valence-electron chi connectivity index (χ4n) is 1.59. The summed E-state index contributed by atoms with van der Waals surface area (Å²) in [4.78, 5) is 10.7. The summed E-state index contributed by atoms with van der Waals surface area (Å²) in [6.45, 7) is 0.164. The molecule has 0 saturated heterocycles. The molecule has 0 spiro atoms. The van der Waals surface area contributed by atoms with Gasteiger partial charge in [-0.3, -0.25) is 0 Å². The number of ether oxygens (including phenoxy) is 1. The van der Waals surface area contributed by atoms with Crippen LogP contribution in [0.1, 0.15) is 15.9 Å². The smallest absolute Gasteiger partial charge is 0.339 e. The summed E-state index contributed by atoms with van der Waals surface area (Å²) >= 11 is 0. The highest BCUT2D eigenvalue weighted by Gasteiger charge is 2.09. The van der Waals surface area contributed by atoms with Crippen molar-refractivity contribution in [1.82, 2.24) is 0 Å². The Morgan fingerprint density at radius 3 is 2.53 bits per heavy atom. The third kappa shape index (κ3) is 3.16. The van der Waals surface area contributed by atoms with Crippen molar-refractivity contribution < 1.29 is 24.9 Å². The number of phenolic OH excluding ortho intramolecular Hbond substituents is 1. The lowest BCUT2D eigenvalue weighted by atomic mass is 10.1. The lowest BCUT2D eigenvalue weighted by molar-refractivity contribution is 0.0693. The molecule has 2 aromatic rings. The Bertz CT molecular complexity index is 607. The molecule has 0 aromatic heterocycles. The predicted molar refractivity (Wildman–Crippen MR) is 67.5 cm³/mol. The molecule has 0 unspecified atom stereocenters. The molecule has 3 N–H and O–H groups in total. The number of carboxylic acids is 1. The molecule has 2 rings (SSSR count). The summed E-state index contributed by atoms with van der Waals surface area (Å²) < 4.78 is 5.41. The van der Waals surface area contributed by atoms with Crippen molar-refractivity contribution in [2.75, 3.05) is 0 Å². The van der Waals surface area contributed by atoms with E-state index >= 15 is 0 Å². The normalized spacial score (nSPS) is 10.1. The average Bonchev–Trinajstić information content (AvgIpc) is 2.36. The van der Waals surface area contributed by atoms with E-state index in [1.165, 1.54) is 24.3 Å². The molecule has 5 nitrogen and oxygen atoms in total. The van der Waals surface area contributed by atoms with Gasteiger partial charge in [0.05, 0.1) is 0 Å². The summed E-state index contributed by atoms with van der Waals surface area (Å²) in [5.41, 5.74) is 0.479. The molecule has 0 saturated carbocycles. The summed E-state index contributed by atoms with van der Waals surface area (Å²) in [5, 5.41) is 27.6. The van der Waals surface area contributed by atoms with Crippen LogP contribution in [0.3, 0.4) is 0 Å². The fourth-order valence-corrected chi connectivity index (χ4v) is 1.59. The van der Waals surface area contributed by atoms with Crippen LogP contribution in [0.5, 0.6) is 17.2 Å². The Kier molecular flexibility index (Phi) is 3.56. The highest BCUT2D eigenvalue weighted by Crippen LogP contribution is 2.22. The van der Waals surface area contributed by atoms with Crippen LogP contribution in [0.2, 0.25) is 0 Å². The zero-order valence-corrected chi connectivity index (χ0v) is 9.91. The van der Waals surface area contributed by atoms with E-state index in [0.29, 0.717) is 11.3 Å². The zero-order chi connectivity index (χ0) is 13.8. The predicted octanol–water partition coefficient (Wildman–Crippen LogP) is 2.38. The van der Waals surface area contributed by atoms with Gasteiger partial charge in [-0.15, -0.1) is 0 Å². The van der Waals surface area contributed by atoms with Gasteiger partial charge in [-0.25, -0.2) is 4.79 Å². The molecule has 19 heavy (non-hydrogen) atoms. The maximum atomic E-state index is 10.7. The number of carbonyl (C=O) groups is 1. The number of aromatic hydroxyl groups is 2. The summed E-state index contributed by atoms with van der Waals surface area (Å²) in [5.74, 6) is -0.897. The number of rotatable bonds is 4. The molecule has 0 fully saturated rings. The Morgan fingerprint density at radius 2 is 1.89 bits per heavy atom. The lowest BCUT2D eigenvalue weighted by Gasteiger charge is -2.08. The first-order valence-electron chi connectivity index (χ1n) is 5.53. The number of carboxylic acid groups (broad SMARTS) is 1. The molecule has 0 heterocycles. The van der Waals surface area contributed by atoms with E-state index in [-0.39, 0.29) is 23.7 Å². The molecule has 0 aliphatic carbocycles. The minimum Gasteiger partial charge on any atom is -0.508 e. The third-order valence-electron chi connectivity index (χ3n) is 2.52. The largest absolute Gasteiger partial charge is 0.508 e. The molecule has 0 amide bonds. The summed E-state index contributed by atoms with van der Waals surface area (Å²) in [6.07, 6.45) is 0. The number of hydrogen-bond donors (Lipinski definition) is 3. The minimum absolute atomic E-state index is 0.0987. The van der Waals surface area contributed by atoms with Crippen LogP contribution in [0.4, 0.5) is 0 Å². The van der Waals surface area contributed by atoms with Crippen LogP contribution < -0.4 is 4.74 Å². The van der Waals surface area contributed by atoms with Gasteiger partial charge in [0.25, 0.3) is 0 Å². The van der Waals surface area contributed by atoms with Gasteiger partial charge in [-0.1, -0.05) is 12.1 Å². The van der Waals surface area contributed by atoms with E-state index in [2.05, 4.69) is 0 Å². The van der Waals surface area contributed by atoms with Crippen molar-refractivity contribution in [3.63, 3.8) is 0 Å². The van der Waals surface area contributed by atoms with Crippen molar-refractivity contribution in [2.45, 2.75) is 6.61 Å². The second-order valence-electron chi connectivity index (χ2n) is 3.94. The minimum atomic E-state index is -1.18. The van der Waals surface area contributed by atoms with Gasteiger partial charge in [0, 0.05) is 6.07 Å². The molecule has 0 radical (unpaired) electrons. The van der Waals surface area contributed by atoms with E-state index in [0.717, 1.165) is 0 Å². The quantitative estimate of drug-likeness (QED) is 0.785. The van der Waals surface area contributed by atoms with Gasteiger partial charge < -0.3 is 20.1 Å². The van der Waals surface area contributed by atoms with Gasteiger partial charge in [0.1, 0.15) is 29.4 Å². The average molecular weight is 260 g/mol. The van der Waals surface area contributed by atoms with Gasteiger partial charge in [0.15, 0.2) is 0 Å². The second kappa shape index (κ2) is 5.30. The SMILES string of the molecule is O=C(O)c1ccc(COc2cccc(O)c2)cc1O. The molecule has 2 aromatic carbocycles. The van der Waals surface area contributed by atoms with Crippen molar-refractivity contribution in [3.05, 3.63) is 53.6 Å². The van der Waals surface area contributed by atoms with Gasteiger partial charge >= 0.3 is 5.97 Å². The number of phenols is 2. The first kappa shape index (κ1) is 12.8. The van der Waals surface area contributed by atoms with Crippen LogP contribution in [0.25, 0.3) is 0 Å². The lowest BCUT2D eigenvalue weighted by Crippen LogP contribution is -1.99. The first-order chi connectivity index (χ1) is 9.06. The zero-order valence-electron chi connectivity index (χ0n) is 9.91. The van der Waals surface area contributed by atoms with Crippen LogP contribution in [-0.2, 0) is 6.61 Å². The number of hydrogen-bond acceptors (Lipinski definition) is 4. The van der Waals surface area contributed by atoms with Crippen LogP contribution in [0, 0.1) is 0 Å². The van der Waals surface area contributed by atoms with E-state index in [4.69, 9.17) is 9.84 Å². The third-order valence-corrected chi connectivity index (χ3v) is 2.52. The van der Waals surface area contributed by atoms with E-state index in [9.17, 15) is 15.0 Å². The molecule has 0 atom stereocenters. The maximum Gasteiger partial charge on any atom is 0.339 e. The molecule has 0 aliphatic heterocycles. The molecule has 0 aliphatic rings. The maximum absolute atomic E-state index is 10.7. The highest BCUT2D eigenvalue weighted by atomic mass is 16.5. The molecular formula is C14H12O5. The second-order valence-corrected chi connectivity index (χ2v) is 3.94. The molecule has 98 valence electrons. The van der Waals surface area contributed by atoms with E-state index < -0.39 is 5.97 Å². The Morgan fingerprint density at radius 1 is 1.11 bits per heavy atom. The fraction of sp³-hybridized carbons (Fsp3) is 0.0714. The van der Waals surface area contributed by atoms with Gasteiger partial charge in [-0.05, 0) is 29.8 Å². The van der Waals surface area contributed by atoms with Crippen LogP contribution in [-0.4, -0.2) is 21.3 Å². The van der Waals surface area contributed by atoms with Gasteiger partial charge in [-0.2, -0.15) is 0 Å². The summed E-state index contributed by atoms with van der Waals surface area (Å²) in [6, 6.07) is 10.5. The van der Waals surface area contributed by atoms with Crippen molar-refractivity contribution in [2.24, 2.45) is 0 Å². The Balaban J connectivity index is 2.08. The Hall–Kier alpha value is -2.69. The van der Waals surface area contributed by atoms with Crippen molar-refractivity contribution in [3.8, 4) is 17.2 Å². The number of benzene rings is 2. The standard InChI is InChI=1S/C14H12O5/c15-10-2-1-3-11(7-10)19-8-9-4-5-12(14(17)18)13(16)6-9/h1-7,15-16H,8H2,(H,17,18). The molecular weight excluding hydrogens is 248 g/mol. The van der Waals surface area contributed by atoms with Crippen LogP contribution in [0.15, 0.2) is 42.5 Å². The van der Waals surface area contributed by atoms with Crippen molar-refractivity contribution >= 4 is 5.97 Å². The number of aromatic carboxylic acids is 1. The molecule has 0 bridgehead atoms. The van der Waals surface area contributed by atoms with Crippen molar-refractivity contribution in [1.29, 1.82) is 0 Å². The monoisotopic (exact) mass is 260 g/mol. The van der Waals surface area contributed by atoms with E-state index in [1.807, 2.05) is 0 Å². The highest BCUT2D eigenvalue weighted by molar-refractivity contribution is 5.90. The Labute approximate surface area is 109 Å². The topological polar surface area (TPSA) is 87.0 Å². The van der Waals surface area contributed by atoms with E-state index in [1.54, 1.807) is 18.2 Å². The molecule has 5 heteroatoms.